The first kappa shape index (κ1) is 28.8. The highest BCUT2D eigenvalue weighted by Crippen LogP contribution is 2.57. The van der Waals surface area contributed by atoms with E-state index in [1.165, 1.54) is 0 Å². The zero-order valence-electron chi connectivity index (χ0n) is 23.0. The molecule has 3 aromatic carbocycles. The molecule has 0 spiro atoms. The number of benzene rings is 3. The molecule has 0 aromatic heterocycles. The molecule has 210 valence electrons. The second kappa shape index (κ2) is 12.3. The Balaban J connectivity index is 1.74. The molecular weight excluding hydrogens is 518 g/mol. The van der Waals surface area contributed by atoms with Crippen LogP contribution in [-0.2, 0) is 16.1 Å². The van der Waals surface area contributed by atoms with Crippen LogP contribution in [0.5, 0.6) is 17.2 Å². The first-order valence-electron chi connectivity index (χ1n) is 12.9. The predicted molar refractivity (Wildman–Crippen MR) is 152 cm³/mol. The van der Waals surface area contributed by atoms with Crippen molar-refractivity contribution in [1.29, 1.82) is 0 Å². The van der Waals surface area contributed by atoms with Crippen LogP contribution in [0.4, 0.5) is 0 Å². The largest absolute Gasteiger partial charge is 0.497 e. The van der Waals surface area contributed by atoms with Gasteiger partial charge < -0.3 is 18.9 Å². The van der Waals surface area contributed by atoms with Gasteiger partial charge in [-0.05, 0) is 67.3 Å². The molecule has 2 unspecified atom stereocenters. The smallest absolute Gasteiger partial charge is 0.306 e. The molecule has 0 radical (unpaired) electrons. The van der Waals surface area contributed by atoms with E-state index in [2.05, 4.69) is 0 Å². The molecule has 1 aliphatic rings. The summed E-state index contributed by atoms with van der Waals surface area (Å²) in [6.07, 6.45) is -0.117. The predicted octanol–water partition coefficient (Wildman–Crippen LogP) is 6.40. The number of ether oxygens (including phenoxy) is 4. The highest BCUT2D eigenvalue weighted by molar-refractivity contribution is 8.22. The lowest BCUT2D eigenvalue weighted by molar-refractivity contribution is -0.143. The van der Waals surface area contributed by atoms with E-state index in [0.29, 0.717) is 35.3 Å². The lowest BCUT2D eigenvalue weighted by Gasteiger charge is -2.42. The van der Waals surface area contributed by atoms with E-state index in [1.807, 2.05) is 50.2 Å². The van der Waals surface area contributed by atoms with Gasteiger partial charge in [-0.25, -0.2) is 0 Å². The Hall–Kier alpha value is -3.24. The van der Waals surface area contributed by atoms with E-state index < -0.39 is 10.8 Å². The maximum atomic E-state index is 12.7. The van der Waals surface area contributed by atoms with Crippen LogP contribution in [-0.4, -0.2) is 52.9 Å². The van der Waals surface area contributed by atoms with Gasteiger partial charge in [-0.1, -0.05) is 30.3 Å². The van der Waals surface area contributed by atoms with Gasteiger partial charge in [-0.15, -0.1) is 10.8 Å². The summed E-state index contributed by atoms with van der Waals surface area (Å²) >= 11 is 0. The van der Waals surface area contributed by atoms with Crippen molar-refractivity contribution in [3.63, 3.8) is 0 Å². The number of rotatable bonds is 9. The average Bonchev–Trinajstić information content (AvgIpc) is 3.01. The molecule has 4 rings (SSSR count). The number of nitrogens with zero attached hydrogens (tertiary/aromatic N) is 1. The Labute approximate surface area is 231 Å². The number of carbonyl (C=O) groups excluding carboxylic acids is 1. The second-order valence-corrected chi connectivity index (χ2v) is 11.6. The maximum absolute atomic E-state index is 12.7. The van der Waals surface area contributed by atoms with E-state index in [0.717, 1.165) is 22.3 Å². The van der Waals surface area contributed by atoms with Gasteiger partial charge in [0, 0.05) is 18.5 Å². The van der Waals surface area contributed by atoms with Crippen molar-refractivity contribution in [2.45, 2.75) is 50.7 Å². The summed E-state index contributed by atoms with van der Waals surface area (Å²) in [6.45, 7) is 6.61. The summed E-state index contributed by atoms with van der Waals surface area (Å²) < 4.78 is 46.7. The molecule has 0 saturated carbocycles. The van der Waals surface area contributed by atoms with Gasteiger partial charge in [0.2, 0.25) is 0 Å². The molecule has 2 atom stereocenters. The summed E-state index contributed by atoms with van der Waals surface area (Å²) in [6, 6.07) is 18.7. The lowest BCUT2D eigenvalue weighted by atomic mass is 9.86. The van der Waals surface area contributed by atoms with Gasteiger partial charge in [0.15, 0.2) is 0 Å². The number of methoxy groups -OCH3 is 2. The molecule has 1 aliphatic heterocycles. The maximum Gasteiger partial charge on any atom is 0.306 e. The number of aryl methyl sites for hydroxylation is 1. The average molecular weight is 556 g/mol. The van der Waals surface area contributed by atoms with E-state index in [4.69, 9.17) is 18.9 Å². The van der Waals surface area contributed by atoms with Crippen molar-refractivity contribution in [3.8, 4) is 17.2 Å². The molecule has 0 amide bonds. The summed E-state index contributed by atoms with van der Waals surface area (Å²) in [5.74, 6) is 1.09. The molecular formula is C30H37NO7S. The van der Waals surface area contributed by atoms with E-state index >= 15 is 0 Å². The van der Waals surface area contributed by atoms with Crippen molar-refractivity contribution in [2.75, 3.05) is 27.4 Å². The van der Waals surface area contributed by atoms with Gasteiger partial charge in [0.05, 0.1) is 33.8 Å². The number of fused-ring (bicyclic) bond motifs is 1. The van der Waals surface area contributed by atoms with Crippen LogP contribution in [0, 0.1) is 6.92 Å². The molecule has 2 N–H and O–H groups in total. The lowest BCUT2D eigenvalue weighted by Crippen LogP contribution is -2.33. The Morgan fingerprint density at radius 2 is 1.74 bits per heavy atom. The van der Waals surface area contributed by atoms with Gasteiger partial charge in [-0.2, -0.15) is 4.31 Å². The van der Waals surface area contributed by atoms with Crippen molar-refractivity contribution in [3.05, 3.63) is 82.9 Å². The summed E-state index contributed by atoms with van der Waals surface area (Å²) in [4.78, 5) is 13.1. The molecule has 39 heavy (non-hydrogen) atoms. The third-order valence-electron chi connectivity index (χ3n) is 6.87. The van der Waals surface area contributed by atoms with E-state index in [-0.39, 0.29) is 31.0 Å². The van der Waals surface area contributed by atoms with Gasteiger partial charge in [0.1, 0.15) is 28.2 Å². The van der Waals surface area contributed by atoms with E-state index in [1.54, 1.807) is 49.7 Å². The Bertz CT molecular complexity index is 1290. The van der Waals surface area contributed by atoms with Crippen molar-refractivity contribution in [1.82, 2.24) is 4.31 Å². The fourth-order valence-electron chi connectivity index (χ4n) is 4.83. The van der Waals surface area contributed by atoms with Crippen molar-refractivity contribution < 1.29 is 32.8 Å². The molecule has 0 bridgehead atoms. The van der Waals surface area contributed by atoms with Gasteiger partial charge in [-0.3, -0.25) is 13.9 Å². The standard InChI is InChI=1S/C30H37NO7S/c1-6-37-30(32)17-27(23-14-25(35-4)16-26(15-23)36-5)22-12-11-20(2)24(13-22)19-31-18-21(3)38-28-9-7-8-10-29(28)39(31,33)34/h7-16,21,27,33-34H,6,17-19H2,1-5H3. The van der Waals surface area contributed by atoms with Crippen molar-refractivity contribution >= 4 is 16.7 Å². The van der Waals surface area contributed by atoms with Crippen LogP contribution in [0.15, 0.2) is 65.6 Å². The van der Waals surface area contributed by atoms with Crippen molar-refractivity contribution in [2.24, 2.45) is 0 Å². The number of carbonyl (C=O) groups is 1. The number of hydrogen-bond acceptors (Lipinski definition) is 8. The Morgan fingerprint density at radius 1 is 1.05 bits per heavy atom. The molecule has 9 heteroatoms. The Morgan fingerprint density at radius 3 is 2.41 bits per heavy atom. The van der Waals surface area contributed by atoms with E-state index in [9.17, 15) is 13.9 Å². The number of para-hydroxylation sites is 1. The molecule has 0 saturated heterocycles. The summed E-state index contributed by atoms with van der Waals surface area (Å²) in [5, 5.41) is 0. The summed E-state index contributed by atoms with van der Waals surface area (Å²) in [5.41, 5.74) is 3.67. The fourth-order valence-corrected chi connectivity index (χ4v) is 6.49. The quantitative estimate of drug-likeness (QED) is 0.293. The first-order valence-corrected chi connectivity index (χ1v) is 14.4. The fraction of sp³-hybridized carbons (Fsp3) is 0.367. The molecule has 0 fully saturated rings. The number of esters is 1. The highest BCUT2D eigenvalue weighted by atomic mass is 32.3. The van der Waals surface area contributed by atoms with Crippen LogP contribution in [0.1, 0.15) is 48.4 Å². The minimum atomic E-state index is -3.30. The highest BCUT2D eigenvalue weighted by Gasteiger charge is 2.34. The third kappa shape index (κ3) is 6.50. The van der Waals surface area contributed by atoms with Gasteiger partial charge in [0.25, 0.3) is 0 Å². The second-order valence-electron chi connectivity index (χ2n) is 9.61. The SMILES string of the molecule is CCOC(=O)CC(c1cc(OC)cc(OC)c1)c1ccc(C)c(CN2CC(C)Oc3ccccc3S2(O)O)c1. The van der Waals surface area contributed by atoms with Crippen LogP contribution < -0.4 is 14.2 Å². The zero-order chi connectivity index (χ0) is 28.2. The number of hydrogen-bond donors (Lipinski definition) is 2. The zero-order valence-corrected chi connectivity index (χ0v) is 23.9. The van der Waals surface area contributed by atoms with Crippen LogP contribution in [0.2, 0.25) is 0 Å². The summed E-state index contributed by atoms with van der Waals surface area (Å²) in [7, 11) is -0.118. The minimum Gasteiger partial charge on any atom is -0.497 e. The molecule has 3 aromatic rings. The topological polar surface area (TPSA) is 97.7 Å². The molecule has 0 aliphatic carbocycles. The van der Waals surface area contributed by atoms with Crippen LogP contribution in [0.3, 0.4) is 0 Å². The van der Waals surface area contributed by atoms with Gasteiger partial charge >= 0.3 is 5.97 Å². The minimum absolute atomic E-state index is 0.129. The monoisotopic (exact) mass is 555 g/mol. The normalized spacial score (nSPS) is 18.2. The molecule has 8 nitrogen and oxygen atoms in total. The third-order valence-corrected chi connectivity index (χ3v) is 8.79. The Kier molecular flexibility index (Phi) is 9.07. The van der Waals surface area contributed by atoms with Crippen LogP contribution >= 0.6 is 10.8 Å². The first-order chi connectivity index (χ1) is 18.7. The van der Waals surface area contributed by atoms with Crippen LogP contribution in [0.25, 0.3) is 0 Å². The molecule has 1 heterocycles.